The molecule has 1 atom stereocenters. The van der Waals surface area contributed by atoms with Crippen molar-refractivity contribution in [3.8, 4) is 23.0 Å². The van der Waals surface area contributed by atoms with Crippen molar-refractivity contribution >= 4 is 27.9 Å². The molecule has 1 N–H and O–H groups in total. The van der Waals surface area contributed by atoms with Crippen molar-refractivity contribution in [2.75, 3.05) is 7.11 Å². The minimum Gasteiger partial charge on any atom is -0.495 e. The standard InChI is InChI=1S/C30H35BrO7/c1-15(2)12-21(32)19-10-11-22-24(27(19)35-5)28(33)36-14-20-25(31)16(3)13-23(26(20)37-22)38-29(34)30(4)17-6-7-18(30)9-8-17/h10-11,13,15,17-18,21,32H,6-9,12,14H2,1-5H3/t17?,18?,21-,30?/m0/s1. The number of esters is 2. The quantitative estimate of drug-likeness (QED) is 0.286. The molecule has 0 spiro atoms. The Hall–Kier alpha value is -2.58. The van der Waals surface area contributed by atoms with Gasteiger partial charge >= 0.3 is 11.9 Å². The fourth-order valence-corrected chi connectivity index (χ4v) is 6.94. The fourth-order valence-electron chi connectivity index (χ4n) is 6.53. The third-order valence-corrected chi connectivity index (χ3v) is 9.80. The van der Waals surface area contributed by atoms with Gasteiger partial charge in [0.05, 0.1) is 24.2 Å². The summed E-state index contributed by atoms with van der Waals surface area (Å²) in [7, 11) is 1.45. The van der Waals surface area contributed by atoms with Gasteiger partial charge in [0.15, 0.2) is 11.5 Å². The maximum absolute atomic E-state index is 13.6. The smallest absolute Gasteiger partial charge is 0.346 e. The van der Waals surface area contributed by atoms with Gasteiger partial charge in [-0.1, -0.05) is 13.8 Å². The second-order valence-electron chi connectivity index (χ2n) is 11.4. The number of benzene rings is 2. The number of hydrogen-bond donors (Lipinski definition) is 1. The zero-order chi connectivity index (χ0) is 27.4. The highest BCUT2D eigenvalue weighted by atomic mass is 79.9. The van der Waals surface area contributed by atoms with Gasteiger partial charge in [0.1, 0.15) is 23.7 Å². The van der Waals surface area contributed by atoms with Gasteiger partial charge in [-0.05, 0) is 103 Å². The Bertz CT molecular complexity index is 1260. The van der Waals surface area contributed by atoms with E-state index in [1.54, 1.807) is 18.2 Å². The molecule has 7 nitrogen and oxygen atoms in total. The molecule has 8 heteroatoms. The Labute approximate surface area is 231 Å². The van der Waals surface area contributed by atoms with E-state index in [-0.39, 0.29) is 35.6 Å². The van der Waals surface area contributed by atoms with Crippen LogP contribution in [0, 0.1) is 30.1 Å². The summed E-state index contributed by atoms with van der Waals surface area (Å²) < 4.78 is 24.5. The molecular formula is C30H35BrO7. The van der Waals surface area contributed by atoms with Crippen LogP contribution in [0.2, 0.25) is 0 Å². The molecule has 2 aromatic rings. The van der Waals surface area contributed by atoms with Gasteiger partial charge in [0, 0.05) is 10.0 Å². The lowest BCUT2D eigenvalue weighted by atomic mass is 9.80. The third-order valence-electron chi connectivity index (χ3n) is 8.69. The summed E-state index contributed by atoms with van der Waals surface area (Å²) in [6.45, 7) is 7.86. The van der Waals surface area contributed by atoms with E-state index in [0.717, 1.165) is 31.2 Å². The van der Waals surface area contributed by atoms with Crippen molar-refractivity contribution in [3.63, 3.8) is 0 Å². The molecule has 2 aromatic carbocycles. The number of aryl methyl sites for hydroxylation is 1. The van der Waals surface area contributed by atoms with Crippen molar-refractivity contribution in [2.45, 2.75) is 72.5 Å². The summed E-state index contributed by atoms with van der Waals surface area (Å²) in [6, 6.07) is 5.11. The lowest BCUT2D eigenvalue weighted by Gasteiger charge is -2.29. The number of hydrogen-bond acceptors (Lipinski definition) is 7. The first kappa shape index (κ1) is 27.0. The number of methoxy groups -OCH3 is 1. The summed E-state index contributed by atoms with van der Waals surface area (Å²) in [5.41, 5.74) is 1.48. The maximum atomic E-state index is 13.6. The van der Waals surface area contributed by atoms with E-state index < -0.39 is 17.5 Å². The Kier molecular flexibility index (Phi) is 7.24. The van der Waals surface area contributed by atoms with E-state index in [1.807, 2.05) is 27.7 Å². The topological polar surface area (TPSA) is 91.3 Å². The van der Waals surface area contributed by atoms with Crippen LogP contribution in [0.4, 0.5) is 0 Å². The largest absolute Gasteiger partial charge is 0.495 e. The zero-order valence-corrected chi connectivity index (χ0v) is 24.1. The van der Waals surface area contributed by atoms with Crippen LogP contribution in [0.25, 0.3) is 0 Å². The molecule has 0 saturated heterocycles. The Balaban J connectivity index is 1.57. The third kappa shape index (κ3) is 4.39. The van der Waals surface area contributed by atoms with E-state index in [2.05, 4.69) is 15.9 Å². The van der Waals surface area contributed by atoms with Gasteiger partial charge in [0.2, 0.25) is 0 Å². The zero-order valence-electron chi connectivity index (χ0n) is 22.6. The highest BCUT2D eigenvalue weighted by molar-refractivity contribution is 9.10. The SMILES string of the molecule is COc1c([C@@H](O)CC(C)C)ccc2c1C(=O)OCc1c(Br)c(C)cc(OC(=O)C3(C)C4CCC3CC4)c1O2. The molecule has 2 fully saturated rings. The van der Waals surface area contributed by atoms with Gasteiger partial charge in [-0.25, -0.2) is 4.79 Å². The molecule has 0 aromatic heterocycles. The van der Waals surface area contributed by atoms with Gasteiger partial charge in [-0.3, -0.25) is 4.79 Å². The normalized spacial score (nSPS) is 24.6. The average molecular weight is 588 g/mol. The van der Waals surface area contributed by atoms with E-state index >= 15 is 0 Å². The van der Waals surface area contributed by atoms with Crippen LogP contribution in [0.15, 0.2) is 22.7 Å². The van der Waals surface area contributed by atoms with Crippen molar-refractivity contribution in [2.24, 2.45) is 23.2 Å². The van der Waals surface area contributed by atoms with E-state index in [9.17, 15) is 14.7 Å². The molecule has 2 bridgehead atoms. The monoisotopic (exact) mass is 586 g/mol. The number of carbonyl (C=O) groups excluding carboxylic acids is 2. The predicted molar refractivity (Wildman–Crippen MR) is 145 cm³/mol. The molecule has 1 heterocycles. The fraction of sp³-hybridized carbons (Fsp3) is 0.533. The summed E-state index contributed by atoms with van der Waals surface area (Å²) in [4.78, 5) is 26.9. The molecule has 2 aliphatic carbocycles. The Morgan fingerprint density at radius 3 is 2.47 bits per heavy atom. The van der Waals surface area contributed by atoms with Crippen LogP contribution < -0.4 is 14.2 Å². The highest BCUT2D eigenvalue weighted by Gasteiger charge is 2.57. The van der Waals surface area contributed by atoms with E-state index in [0.29, 0.717) is 45.4 Å². The number of cyclic esters (lactones) is 1. The molecule has 5 rings (SSSR count). The number of rotatable bonds is 6. The molecule has 0 radical (unpaired) electrons. The minimum atomic E-state index is -0.823. The van der Waals surface area contributed by atoms with Gasteiger partial charge in [0.25, 0.3) is 0 Å². The lowest BCUT2D eigenvalue weighted by molar-refractivity contribution is -0.147. The first-order chi connectivity index (χ1) is 18.1. The summed E-state index contributed by atoms with van der Waals surface area (Å²) in [5.74, 6) is 1.07. The number of halogens is 1. The van der Waals surface area contributed by atoms with Crippen LogP contribution >= 0.6 is 15.9 Å². The van der Waals surface area contributed by atoms with Gasteiger partial charge in [-0.2, -0.15) is 0 Å². The Morgan fingerprint density at radius 2 is 1.87 bits per heavy atom. The van der Waals surface area contributed by atoms with Crippen LogP contribution in [0.3, 0.4) is 0 Å². The number of ether oxygens (including phenoxy) is 4. The lowest BCUT2D eigenvalue weighted by Crippen LogP contribution is -2.36. The van der Waals surface area contributed by atoms with Crippen LogP contribution in [-0.2, 0) is 16.1 Å². The number of aliphatic hydroxyl groups is 1. The molecule has 3 aliphatic rings. The molecule has 0 amide bonds. The van der Waals surface area contributed by atoms with Crippen LogP contribution in [0.1, 0.15) is 86.0 Å². The highest BCUT2D eigenvalue weighted by Crippen LogP contribution is 2.59. The average Bonchev–Trinajstić information content (AvgIpc) is 3.37. The van der Waals surface area contributed by atoms with Gasteiger partial charge in [-0.15, -0.1) is 0 Å². The molecular weight excluding hydrogens is 552 g/mol. The molecule has 1 aliphatic heterocycles. The molecule has 38 heavy (non-hydrogen) atoms. The molecule has 204 valence electrons. The predicted octanol–water partition coefficient (Wildman–Crippen LogP) is 7.04. The summed E-state index contributed by atoms with van der Waals surface area (Å²) in [5, 5.41) is 10.8. The minimum absolute atomic E-state index is 0.0910. The van der Waals surface area contributed by atoms with Crippen molar-refractivity contribution in [3.05, 3.63) is 44.9 Å². The van der Waals surface area contributed by atoms with Crippen LogP contribution in [-0.4, -0.2) is 24.2 Å². The Morgan fingerprint density at radius 1 is 1.21 bits per heavy atom. The first-order valence-corrected chi connectivity index (χ1v) is 14.1. The van der Waals surface area contributed by atoms with Gasteiger partial charge < -0.3 is 24.1 Å². The molecule has 0 unspecified atom stereocenters. The first-order valence-electron chi connectivity index (χ1n) is 13.3. The maximum Gasteiger partial charge on any atom is 0.346 e. The summed E-state index contributed by atoms with van der Waals surface area (Å²) >= 11 is 3.60. The van der Waals surface area contributed by atoms with Crippen molar-refractivity contribution in [1.29, 1.82) is 0 Å². The second-order valence-corrected chi connectivity index (χ2v) is 12.2. The van der Waals surface area contributed by atoms with Crippen molar-refractivity contribution < 1.29 is 33.6 Å². The summed E-state index contributed by atoms with van der Waals surface area (Å²) in [6.07, 6.45) is 3.89. The van der Waals surface area contributed by atoms with E-state index in [4.69, 9.17) is 18.9 Å². The molecule has 2 saturated carbocycles. The van der Waals surface area contributed by atoms with Crippen LogP contribution in [0.5, 0.6) is 23.0 Å². The van der Waals surface area contributed by atoms with E-state index in [1.165, 1.54) is 7.11 Å². The number of aliphatic hydroxyl groups excluding tert-OH is 1. The number of fused-ring (bicyclic) bond motifs is 4. The van der Waals surface area contributed by atoms with Crippen molar-refractivity contribution in [1.82, 2.24) is 0 Å². The second kappa shape index (κ2) is 10.2. The number of carbonyl (C=O) groups is 2.